The quantitative estimate of drug-likeness (QED) is 0.138. The van der Waals surface area contributed by atoms with Gasteiger partial charge in [-0.3, -0.25) is 19.2 Å². The molecule has 3 rings (SSSR count). The number of thioether (sulfide) groups is 1. The Morgan fingerprint density at radius 3 is 1.55 bits per heavy atom. The molecule has 0 aliphatic rings. The van der Waals surface area contributed by atoms with Crippen molar-refractivity contribution in [2.24, 2.45) is 0 Å². The van der Waals surface area contributed by atoms with Crippen LogP contribution in [-0.4, -0.2) is 66.6 Å². The summed E-state index contributed by atoms with van der Waals surface area (Å²) < 4.78 is -0.770. The van der Waals surface area contributed by atoms with E-state index < -0.39 is 47.6 Å². The van der Waals surface area contributed by atoms with Crippen LogP contribution in [0.2, 0.25) is 0 Å². The van der Waals surface area contributed by atoms with Crippen LogP contribution in [0.15, 0.2) is 91.0 Å². The molecule has 3 aromatic carbocycles. The molecule has 5 N–H and O–H groups in total. The number of hydrogen-bond donors (Lipinski definition) is 5. The zero-order valence-electron chi connectivity index (χ0n) is 21.5. The lowest BCUT2D eigenvalue weighted by Gasteiger charge is -2.36. The molecule has 0 radical (unpaired) electrons. The minimum absolute atomic E-state index is 0.0213. The molecule has 0 aromatic heterocycles. The fourth-order valence-corrected chi connectivity index (χ4v) is 5.56. The summed E-state index contributed by atoms with van der Waals surface area (Å²) in [6, 6.07) is 28.0. The van der Waals surface area contributed by atoms with E-state index in [1.54, 1.807) is 0 Å². The fraction of sp³-hybridized carbons (Fsp3) is 0.207. The average molecular weight is 563 g/mol. The maximum absolute atomic E-state index is 12.5. The third-order valence-corrected chi connectivity index (χ3v) is 7.52. The highest BCUT2D eigenvalue weighted by atomic mass is 32.2. The SMILES string of the molecule is O=CNCC(=O)NCC(=O)NCC(=O)NC(CSC(c1ccccc1)(c1ccccc1)c1ccccc1)C(=O)O. The van der Waals surface area contributed by atoms with Gasteiger partial charge in [0.1, 0.15) is 6.04 Å². The Labute approximate surface area is 235 Å². The lowest BCUT2D eigenvalue weighted by Crippen LogP contribution is -2.48. The summed E-state index contributed by atoms with van der Waals surface area (Å²) in [5, 5.41) is 19.2. The van der Waals surface area contributed by atoms with Crippen molar-refractivity contribution in [2.75, 3.05) is 25.4 Å². The van der Waals surface area contributed by atoms with Crippen LogP contribution in [0.5, 0.6) is 0 Å². The first kappa shape index (κ1) is 29.9. The van der Waals surface area contributed by atoms with Crippen molar-refractivity contribution in [3.8, 4) is 0 Å². The van der Waals surface area contributed by atoms with E-state index in [2.05, 4.69) is 21.3 Å². The van der Waals surface area contributed by atoms with E-state index in [9.17, 15) is 29.1 Å². The topological polar surface area (TPSA) is 154 Å². The van der Waals surface area contributed by atoms with E-state index in [0.29, 0.717) is 6.41 Å². The number of benzene rings is 3. The summed E-state index contributed by atoms with van der Waals surface area (Å²) in [5.74, 6) is -3.11. The van der Waals surface area contributed by atoms with E-state index in [0.717, 1.165) is 16.7 Å². The Kier molecular flexibility index (Phi) is 11.3. The van der Waals surface area contributed by atoms with Crippen LogP contribution in [0.1, 0.15) is 16.7 Å². The molecule has 1 unspecified atom stereocenters. The summed E-state index contributed by atoms with van der Waals surface area (Å²) >= 11 is 1.39. The molecule has 0 saturated heterocycles. The molecule has 0 heterocycles. The number of amides is 4. The molecule has 0 saturated carbocycles. The van der Waals surface area contributed by atoms with Gasteiger partial charge in [-0.2, -0.15) is 0 Å². The number of carbonyl (C=O) groups is 5. The molecule has 208 valence electrons. The van der Waals surface area contributed by atoms with Crippen molar-refractivity contribution >= 4 is 41.9 Å². The van der Waals surface area contributed by atoms with E-state index in [4.69, 9.17) is 0 Å². The molecule has 11 heteroatoms. The highest BCUT2D eigenvalue weighted by molar-refractivity contribution is 8.00. The summed E-state index contributed by atoms with van der Waals surface area (Å²) in [4.78, 5) is 58.4. The van der Waals surface area contributed by atoms with Gasteiger partial charge < -0.3 is 26.4 Å². The lowest BCUT2D eigenvalue weighted by atomic mass is 9.84. The van der Waals surface area contributed by atoms with E-state index in [-0.39, 0.29) is 12.3 Å². The first-order chi connectivity index (χ1) is 19.4. The first-order valence-corrected chi connectivity index (χ1v) is 13.4. The molecule has 4 amide bonds. The largest absolute Gasteiger partial charge is 0.480 e. The molecule has 0 bridgehead atoms. The second-order valence-electron chi connectivity index (χ2n) is 8.60. The van der Waals surface area contributed by atoms with Crippen molar-refractivity contribution in [3.05, 3.63) is 108 Å². The van der Waals surface area contributed by atoms with Crippen molar-refractivity contribution in [1.29, 1.82) is 0 Å². The average Bonchev–Trinajstić information content (AvgIpc) is 2.99. The number of hydrogen-bond acceptors (Lipinski definition) is 6. The minimum Gasteiger partial charge on any atom is -0.480 e. The van der Waals surface area contributed by atoms with Crippen LogP contribution >= 0.6 is 11.8 Å². The van der Waals surface area contributed by atoms with Crippen LogP contribution in [0, 0.1) is 0 Å². The Bertz CT molecular complexity index is 1190. The first-order valence-electron chi connectivity index (χ1n) is 12.4. The molecule has 3 aromatic rings. The number of nitrogens with one attached hydrogen (secondary N) is 4. The summed E-state index contributed by atoms with van der Waals surface area (Å²) in [5.41, 5.74) is 2.85. The molecule has 0 spiro atoms. The Morgan fingerprint density at radius 2 is 1.12 bits per heavy atom. The molecule has 1 atom stereocenters. The Hall–Kier alpha value is -4.64. The van der Waals surface area contributed by atoms with Gasteiger partial charge in [-0.1, -0.05) is 91.0 Å². The predicted molar refractivity (Wildman–Crippen MR) is 151 cm³/mol. The monoisotopic (exact) mass is 562 g/mol. The zero-order chi connectivity index (χ0) is 28.8. The van der Waals surface area contributed by atoms with Crippen molar-refractivity contribution in [2.45, 2.75) is 10.8 Å². The number of carboxylic acid groups (broad SMARTS) is 1. The predicted octanol–water partition coefficient (Wildman–Crippen LogP) is 1.26. The second kappa shape index (κ2) is 15.1. The zero-order valence-corrected chi connectivity index (χ0v) is 22.4. The standard InChI is InChI=1S/C29H30N4O6S/c34-20-30-16-25(35)31-17-26(36)32-18-27(37)33-24(28(38)39)19-40-29(21-10-4-1-5-11-21,22-12-6-2-7-13-22)23-14-8-3-9-15-23/h1-15,20,24H,16-19H2,(H,30,34)(H,31,35)(H,32,36)(H,33,37)(H,38,39). The molecule has 0 fully saturated rings. The van der Waals surface area contributed by atoms with E-state index in [1.807, 2.05) is 91.0 Å². The maximum Gasteiger partial charge on any atom is 0.327 e. The highest BCUT2D eigenvalue weighted by Gasteiger charge is 2.38. The molecule has 0 aliphatic carbocycles. The number of rotatable bonds is 15. The summed E-state index contributed by atoms with van der Waals surface area (Å²) in [7, 11) is 0. The van der Waals surface area contributed by atoms with Gasteiger partial charge in [-0.15, -0.1) is 11.8 Å². The van der Waals surface area contributed by atoms with Crippen LogP contribution < -0.4 is 21.3 Å². The smallest absolute Gasteiger partial charge is 0.327 e. The molecular weight excluding hydrogens is 532 g/mol. The van der Waals surface area contributed by atoms with Gasteiger partial charge in [-0.05, 0) is 16.7 Å². The van der Waals surface area contributed by atoms with E-state index >= 15 is 0 Å². The second-order valence-corrected chi connectivity index (χ2v) is 9.84. The number of carbonyl (C=O) groups excluding carboxylic acids is 4. The molecule has 40 heavy (non-hydrogen) atoms. The summed E-state index contributed by atoms with van der Waals surface area (Å²) in [6.07, 6.45) is 0.352. The highest BCUT2D eigenvalue weighted by Crippen LogP contribution is 2.48. The normalized spacial score (nSPS) is 11.5. The third-order valence-electron chi connectivity index (χ3n) is 5.88. The Morgan fingerprint density at radius 1 is 0.700 bits per heavy atom. The van der Waals surface area contributed by atoms with Gasteiger partial charge in [0.05, 0.1) is 24.4 Å². The van der Waals surface area contributed by atoms with Gasteiger partial charge in [0.25, 0.3) is 0 Å². The van der Waals surface area contributed by atoms with Gasteiger partial charge in [0.15, 0.2) is 0 Å². The van der Waals surface area contributed by atoms with Crippen LogP contribution in [0.3, 0.4) is 0 Å². The van der Waals surface area contributed by atoms with Crippen molar-refractivity contribution in [1.82, 2.24) is 21.3 Å². The molecule has 10 nitrogen and oxygen atoms in total. The molecule has 0 aliphatic heterocycles. The van der Waals surface area contributed by atoms with Crippen molar-refractivity contribution in [3.63, 3.8) is 0 Å². The fourth-order valence-electron chi connectivity index (χ4n) is 4.01. The third kappa shape index (κ3) is 8.18. The summed E-state index contributed by atoms with van der Waals surface area (Å²) in [6.45, 7) is -1.17. The number of carboxylic acids is 1. The maximum atomic E-state index is 12.5. The van der Waals surface area contributed by atoms with Crippen LogP contribution in [0.4, 0.5) is 0 Å². The van der Waals surface area contributed by atoms with Gasteiger partial charge in [0.2, 0.25) is 24.1 Å². The van der Waals surface area contributed by atoms with Crippen molar-refractivity contribution < 1.29 is 29.1 Å². The molecular formula is C29H30N4O6S. The van der Waals surface area contributed by atoms with Gasteiger partial charge in [0, 0.05) is 5.75 Å². The van der Waals surface area contributed by atoms with Gasteiger partial charge in [-0.25, -0.2) is 4.79 Å². The van der Waals surface area contributed by atoms with Crippen LogP contribution in [0.25, 0.3) is 0 Å². The van der Waals surface area contributed by atoms with Crippen LogP contribution in [-0.2, 0) is 28.7 Å². The van der Waals surface area contributed by atoms with Gasteiger partial charge >= 0.3 is 5.97 Å². The number of aliphatic carboxylic acids is 1. The Balaban J connectivity index is 1.74. The van der Waals surface area contributed by atoms with E-state index in [1.165, 1.54) is 11.8 Å². The minimum atomic E-state index is -1.25. The lowest BCUT2D eigenvalue weighted by molar-refractivity contribution is -0.141.